The van der Waals surface area contributed by atoms with Crippen LogP contribution in [0.1, 0.15) is 11.1 Å². The topological polar surface area (TPSA) is 79.8 Å². The zero-order valence-corrected chi connectivity index (χ0v) is 15.9. The minimum atomic E-state index is -4.56. The van der Waals surface area contributed by atoms with E-state index in [-0.39, 0.29) is 5.69 Å². The molecule has 0 spiro atoms. The van der Waals surface area contributed by atoms with Crippen LogP contribution < -0.4 is 15.5 Å². The summed E-state index contributed by atoms with van der Waals surface area (Å²) in [5, 5.41) is 5.78. The summed E-state index contributed by atoms with van der Waals surface area (Å²) in [6, 6.07) is 19.9. The molecule has 0 heterocycles. The van der Waals surface area contributed by atoms with E-state index < -0.39 is 23.6 Å². The molecule has 3 aromatic rings. The highest BCUT2D eigenvalue weighted by molar-refractivity contribution is 6.39. The average Bonchev–Trinajstić information content (AvgIpc) is 2.74. The van der Waals surface area contributed by atoms with Crippen molar-refractivity contribution < 1.29 is 27.5 Å². The third-order valence-electron chi connectivity index (χ3n) is 3.87. The van der Waals surface area contributed by atoms with Gasteiger partial charge in [-0.05, 0) is 48.0 Å². The van der Waals surface area contributed by atoms with Crippen molar-refractivity contribution in [1.29, 1.82) is 0 Å². The maximum atomic E-state index is 12.7. The molecular weight excluding hydrogens is 411 g/mol. The number of hydrogen-bond acceptors (Lipinski definition) is 4. The predicted octanol–water partition coefficient (Wildman–Crippen LogP) is 4.59. The minimum Gasteiger partial charge on any atom is -0.457 e. The highest BCUT2D eigenvalue weighted by Crippen LogP contribution is 2.30. The molecule has 9 heteroatoms. The van der Waals surface area contributed by atoms with E-state index in [9.17, 15) is 22.8 Å². The van der Waals surface area contributed by atoms with E-state index in [0.717, 1.165) is 18.2 Å². The molecule has 158 valence electrons. The van der Waals surface area contributed by atoms with Crippen LogP contribution in [0.25, 0.3) is 0 Å². The molecule has 3 rings (SSSR count). The molecule has 2 amide bonds. The first-order valence-electron chi connectivity index (χ1n) is 8.96. The molecule has 0 saturated heterocycles. The van der Waals surface area contributed by atoms with Crippen molar-refractivity contribution in [3.63, 3.8) is 0 Å². The van der Waals surface area contributed by atoms with Gasteiger partial charge >= 0.3 is 18.0 Å². The Morgan fingerprint density at radius 3 is 2.29 bits per heavy atom. The van der Waals surface area contributed by atoms with Gasteiger partial charge in [0.25, 0.3) is 0 Å². The molecule has 6 nitrogen and oxygen atoms in total. The Hall–Kier alpha value is -4.14. The van der Waals surface area contributed by atoms with Crippen LogP contribution in [-0.4, -0.2) is 18.0 Å². The van der Waals surface area contributed by atoms with Gasteiger partial charge in [-0.3, -0.25) is 9.59 Å². The number of halogens is 3. The molecule has 3 aromatic carbocycles. The van der Waals surface area contributed by atoms with Crippen LogP contribution in [0.15, 0.2) is 84.0 Å². The number of anilines is 1. The summed E-state index contributed by atoms with van der Waals surface area (Å²) in [5.41, 5.74) is 1.50. The molecule has 0 aromatic heterocycles. The van der Waals surface area contributed by atoms with E-state index in [4.69, 9.17) is 4.74 Å². The van der Waals surface area contributed by atoms with Crippen molar-refractivity contribution in [2.24, 2.45) is 5.10 Å². The molecule has 0 aliphatic heterocycles. The van der Waals surface area contributed by atoms with Crippen LogP contribution in [-0.2, 0) is 15.8 Å². The van der Waals surface area contributed by atoms with E-state index >= 15 is 0 Å². The summed E-state index contributed by atoms with van der Waals surface area (Å²) >= 11 is 0. The van der Waals surface area contributed by atoms with Gasteiger partial charge in [-0.2, -0.15) is 18.3 Å². The molecule has 0 aliphatic rings. The van der Waals surface area contributed by atoms with E-state index in [1.165, 1.54) is 12.3 Å². The predicted molar refractivity (Wildman–Crippen MR) is 109 cm³/mol. The monoisotopic (exact) mass is 427 g/mol. The average molecular weight is 427 g/mol. The lowest BCUT2D eigenvalue weighted by molar-refractivity contribution is -0.137. The second kappa shape index (κ2) is 9.57. The first-order valence-corrected chi connectivity index (χ1v) is 8.96. The maximum Gasteiger partial charge on any atom is 0.416 e. The lowest BCUT2D eigenvalue weighted by Gasteiger charge is -2.09. The van der Waals surface area contributed by atoms with Gasteiger partial charge in [-0.25, -0.2) is 5.43 Å². The SMILES string of the molecule is O=C(N/N=C\c1cccc(Oc2ccccc2)c1)C(=O)Nc1cccc(C(F)(F)F)c1. The summed E-state index contributed by atoms with van der Waals surface area (Å²) in [4.78, 5) is 23.7. The standard InChI is InChI=1S/C22H16F3N3O3/c23-22(24,25)16-7-5-8-17(13-16)27-20(29)21(30)28-26-14-15-6-4-11-19(12-15)31-18-9-2-1-3-10-18/h1-14H,(H,27,29)(H,28,30)/b26-14-. The van der Waals surface area contributed by atoms with Crippen molar-refractivity contribution in [3.05, 3.63) is 90.0 Å². The van der Waals surface area contributed by atoms with Crippen LogP contribution in [0.4, 0.5) is 18.9 Å². The van der Waals surface area contributed by atoms with Gasteiger partial charge in [0.1, 0.15) is 11.5 Å². The number of nitrogens with zero attached hydrogens (tertiary/aromatic N) is 1. The lowest BCUT2D eigenvalue weighted by Crippen LogP contribution is -2.32. The summed E-state index contributed by atoms with van der Waals surface area (Å²) in [5.74, 6) is -1.09. The van der Waals surface area contributed by atoms with Gasteiger partial charge in [0, 0.05) is 5.69 Å². The molecule has 2 N–H and O–H groups in total. The molecular formula is C22H16F3N3O3. The Labute approximate surface area is 175 Å². The molecule has 0 radical (unpaired) electrons. The summed E-state index contributed by atoms with van der Waals surface area (Å²) in [6.07, 6.45) is -3.26. The van der Waals surface area contributed by atoms with E-state index in [1.807, 2.05) is 23.6 Å². The number of benzene rings is 3. The quantitative estimate of drug-likeness (QED) is 0.355. The van der Waals surface area contributed by atoms with Gasteiger partial charge in [-0.15, -0.1) is 0 Å². The van der Waals surface area contributed by atoms with Crippen LogP contribution in [0.5, 0.6) is 11.5 Å². The van der Waals surface area contributed by atoms with Crippen molar-refractivity contribution in [2.75, 3.05) is 5.32 Å². The van der Waals surface area contributed by atoms with Gasteiger partial charge in [0.2, 0.25) is 0 Å². The zero-order chi connectivity index (χ0) is 22.3. The number of amides is 2. The van der Waals surface area contributed by atoms with Crippen LogP contribution in [0.3, 0.4) is 0 Å². The molecule has 0 bridgehead atoms. The van der Waals surface area contributed by atoms with Crippen molar-refractivity contribution in [3.8, 4) is 11.5 Å². The Bertz CT molecular complexity index is 1100. The zero-order valence-electron chi connectivity index (χ0n) is 15.9. The van der Waals surface area contributed by atoms with E-state index in [0.29, 0.717) is 17.1 Å². The smallest absolute Gasteiger partial charge is 0.416 e. The number of alkyl halides is 3. The number of carbonyl (C=O) groups is 2. The van der Waals surface area contributed by atoms with Gasteiger partial charge in [-0.1, -0.05) is 36.4 Å². The maximum absolute atomic E-state index is 12.7. The van der Waals surface area contributed by atoms with Crippen molar-refractivity contribution in [1.82, 2.24) is 5.43 Å². The van der Waals surface area contributed by atoms with Crippen molar-refractivity contribution in [2.45, 2.75) is 6.18 Å². The first-order chi connectivity index (χ1) is 14.8. The van der Waals surface area contributed by atoms with Crippen LogP contribution in [0, 0.1) is 0 Å². The fourth-order valence-corrected chi connectivity index (χ4v) is 2.46. The fourth-order valence-electron chi connectivity index (χ4n) is 2.46. The lowest BCUT2D eigenvalue weighted by atomic mass is 10.2. The second-order valence-corrected chi connectivity index (χ2v) is 6.22. The molecule has 31 heavy (non-hydrogen) atoms. The molecule has 0 atom stereocenters. The largest absolute Gasteiger partial charge is 0.457 e. The number of rotatable bonds is 5. The second-order valence-electron chi connectivity index (χ2n) is 6.22. The van der Waals surface area contributed by atoms with Crippen molar-refractivity contribution >= 4 is 23.7 Å². The normalized spacial score (nSPS) is 11.2. The number of ether oxygens (including phenoxy) is 1. The van der Waals surface area contributed by atoms with Gasteiger partial charge in [0.15, 0.2) is 0 Å². The Kier molecular flexibility index (Phi) is 6.66. The Morgan fingerprint density at radius 2 is 1.55 bits per heavy atom. The van der Waals surface area contributed by atoms with Crippen LogP contribution >= 0.6 is 0 Å². The molecule has 0 unspecified atom stereocenters. The summed E-state index contributed by atoms with van der Waals surface area (Å²) in [7, 11) is 0. The Morgan fingerprint density at radius 1 is 0.839 bits per heavy atom. The third kappa shape index (κ3) is 6.43. The Balaban J connectivity index is 1.57. The minimum absolute atomic E-state index is 0.162. The number of hydrogen-bond donors (Lipinski definition) is 2. The first kappa shape index (κ1) is 21.6. The third-order valence-corrected chi connectivity index (χ3v) is 3.87. The number of para-hydroxylation sites is 1. The fraction of sp³-hybridized carbons (Fsp3) is 0.0455. The molecule has 0 fully saturated rings. The van der Waals surface area contributed by atoms with E-state index in [1.54, 1.807) is 36.4 Å². The molecule has 0 aliphatic carbocycles. The highest BCUT2D eigenvalue weighted by atomic mass is 19.4. The molecule has 0 saturated carbocycles. The van der Waals surface area contributed by atoms with Crippen LogP contribution in [0.2, 0.25) is 0 Å². The number of nitrogens with one attached hydrogen (secondary N) is 2. The van der Waals surface area contributed by atoms with E-state index in [2.05, 4.69) is 10.4 Å². The van der Waals surface area contributed by atoms with Gasteiger partial charge < -0.3 is 10.1 Å². The summed E-state index contributed by atoms with van der Waals surface area (Å²) < 4.78 is 43.9. The number of carbonyl (C=O) groups excluding carboxylic acids is 2. The summed E-state index contributed by atoms with van der Waals surface area (Å²) in [6.45, 7) is 0. The van der Waals surface area contributed by atoms with Gasteiger partial charge in [0.05, 0.1) is 11.8 Å². The highest BCUT2D eigenvalue weighted by Gasteiger charge is 2.30. The number of hydrazone groups is 1.